The van der Waals surface area contributed by atoms with Crippen LogP contribution in [0.4, 0.5) is 10.1 Å². The van der Waals surface area contributed by atoms with Gasteiger partial charge >= 0.3 is 0 Å². The van der Waals surface area contributed by atoms with Gasteiger partial charge in [-0.05, 0) is 29.8 Å². The van der Waals surface area contributed by atoms with Gasteiger partial charge in [-0.1, -0.05) is 12.1 Å². The van der Waals surface area contributed by atoms with Crippen molar-refractivity contribution < 1.29 is 14.0 Å². The van der Waals surface area contributed by atoms with Gasteiger partial charge in [0, 0.05) is 58.1 Å². The van der Waals surface area contributed by atoms with E-state index in [2.05, 4.69) is 4.98 Å². The standard InChI is InChI=1S/C21H23FN4O2/c22-18-3-1-2-4-19(18)24-9-11-25(12-10-24)21(28)17-13-20(27)26(15-17)14-16-5-7-23-8-6-16/h1-8,17H,9-15H2. The first kappa shape index (κ1) is 18.4. The van der Waals surface area contributed by atoms with Crippen molar-refractivity contribution in [3.05, 3.63) is 60.2 Å². The third-order valence-electron chi connectivity index (χ3n) is 5.47. The van der Waals surface area contributed by atoms with Crippen molar-refractivity contribution >= 4 is 17.5 Å². The maximum atomic E-state index is 14.0. The lowest BCUT2D eigenvalue weighted by atomic mass is 10.1. The van der Waals surface area contributed by atoms with Gasteiger partial charge in [0.2, 0.25) is 11.8 Å². The zero-order valence-electron chi connectivity index (χ0n) is 15.6. The number of carbonyl (C=O) groups excluding carboxylic acids is 2. The van der Waals surface area contributed by atoms with E-state index in [-0.39, 0.29) is 30.0 Å². The summed E-state index contributed by atoms with van der Waals surface area (Å²) in [4.78, 5) is 34.7. The highest BCUT2D eigenvalue weighted by atomic mass is 19.1. The molecule has 2 amide bonds. The largest absolute Gasteiger partial charge is 0.366 e. The molecule has 2 fully saturated rings. The Balaban J connectivity index is 1.33. The number of hydrogen-bond acceptors (Lipinski definition) is 4. The molecule has 0 spiro atoms. The summed E-state index contributed by atoms with van der Waals surface area (Å²) in [6.07, 6.45) is 3.67. The topological polar surface area (TPSA) is 56.8 Å². The molecule has 0 radical (unpaired) electrons. The number of rotatable bonds is 4. The van der Waals surface area contributed by atoms with E-state index in [0.29, 0.717) is 45.0 Å². The fourth-order valence-electron chi connectivity index (χ4n) is 3.93. The van der Waals surface area contributed by atoms with Crippen molar-refractivity contribution in [2.75, 3.05) is 37.6 Å². The van der Waals surface area contributed by atoms with E-state index in [1.54, 1.807) is 29.4 Å². The highest BCUT2D eigenvalue weighted by Gasteiger charge is 2.37. The molecule has 2 aromatic rings. The van der Waals surface area contributed by atoms with Crippen molar-refractivity contribution in [3.8, 4) is 0 Å². The number of aromatic nitrogens is 1. The van der Waals surface area contributed by atoms with Crippen LogP contribution in [0.1, 0.15) is 12.0 Å². The van der Waals surface area contributed by atoms with Gasteiger partial charge < -0.3 is 14.7 Å². The smallest absolute Gasteiger partial charge is 0.228 e. The first-order valence-electron chi connectivity index (χ1n) is 9.57. The molecule has 0 N–H and O–H groups in total. The number of likely N-dealkylation sites (tertiary alicyclic amines) is 1. The zero-order valence-corrected chi connectivity index (χ0v) is 15.6. The number of halogens is 1. The number of nitrogens with zero attached hydrogens (tertiary/aromatic N) is 4. The molecule has 0 bridgehead atoms. The minimum Gasteiger partial charge on any atom is -0.366 e. The Morgan fingerprint density at radius 2 is 1.79 bits per heavy atom. The van der Waals surface area contributed by atoms with Crippen molar-refractivity contribution in [1.82, 2.24) is 14.8 Å². The summed E-state index contributed by atoms with van der Waals surface area (Å²) < 4.78 is 14.0. The maximum absolute atomic E-state index is 14.0. The minimum absolute atomic E-state index is 0.0140. The van der Waals surface area contributed by atoms with Crippen LogP contribution < -0.4 is 4.90 Å². The lowest BCUT2D eigenvalue weighted by Crippen LogP contribution is -2.50. The lowest BCUT2D eigenvalue weighted by molar-refractivity contribution is -0.136. The van der Waals surface area contributed by atoms with Crippen molar-refractivity contribution in [2.45, 2.75) is 13.0 Å². The van der Waals surface area contributed by atoms with Crippen LogP contribution in [-0.2, 0) is 16.1 Å². The summed E-state index contributed by atoms with van der Waals surface area (Å²) in [5, 5.41) is 0. The number of para-hydroxylation sites is 1. The highest BCUT2D eigenvalue weighted by Crippen LogP contribution is 2.24. The predicted molar refractivity (Wildman–Crippen MR) is 103 cm³/mol. The molecule has 146 valence electrons. The Kier molecular flexibility index (Phi) is 5.23. The van der Waals surface area contributed by atoms with Gasteiger partial charge in [-0.15, -0.1) is 0 Å². The number of anilines is 1. The van der Waals surface area contributed by atoms with E-state index in [0.717, 1.165) is 5.56 Å². The molecule has 1 unspecified atom stereocenters. The van der Waals surface area contributed by atoms with Crippen LogP contribution >= 0.6 is 0 Å². The van der Waals surface area contributed by atoms with Gasteiger partial charge in [0.25, 0.3) is 0 Å². The van der Waals surface area contributed by atoms with Crippen LogP contribution in [0.15, 0.2) is 48.8 Å². The van der Waals surface area contributed by atoms with Crippen molar-refractivity contribution in [1.29, 1.82) is 0 Å². The molecule has 2 aliphatic heterocycles. The summed E-state index contributed by atoms with van der Waals surface area (Å²) in [7, 11) is 0. The second kappa shape index (κ2) is 7.96. The zero-order chi connectivity index (χ0) is 19.5. The first-order chi connectivity index (χ1) is 13.6. The molecule has 28 heavy (non-hydrogen) atoms. The van der Waals surface area contributed by atoms with E-state index in [1.165, 1.54) is 6.07 Å². The quantitative estimate of drug-likeness (QED) is 0.811. The summed E-state index contributed by atoms with van der Waals surface area (Å²) in [6.45, 7) is 3.23. The van der Waals surface area contributed by atoms with Gasteiger partial charge in [-0.3, -0.25) is 14.6 Å². The number of amides is 2. The van der Waals surface area contributed by atoms with Gasteiger partial charge in [-0.25, -0.2) is 4.39 Å². The molecular weight excluding hydrogens is 359 g/mol. The normalized spacial score (nSPS) is 20.0. The van der Waals surface area contributed by atoms with E-state index in [4.69, 9.17) is 0 Å². The summed E-state index contributed by atoms with van der Waals surface area (Å²) in [5.74, 6) is -0.497. The Morgan fingerprint density at radius 3 is 2.50 bits per heavy atom. The van der Waals surface area contributed by atoms with Gasteiger partial charge in [-0.2, -0.15) is 0 Å². The fraction of sp³-hybridized carbons (Fsp3) is 0.381. The second-order valence-electron chi connectivity index (χ2n) is 7.29. The molecule has 0 saturated carbocycles. The van der Waals surface area contributed by atoms with Gasteiger partial charge in [0.15, 0.2) is 0 Å². The number of piperazine rings is 1. The summed E-state index contributed by atoms with van der Waals surface area (Å²) in [5.41, 5.74) is 1.59. The number of pyridine rings is 1. The molecule has 6 nitrogen and oxygen atoms in total. The molecular formula is C21H23FN4O2. The van der Waals surface area contributed by atoms with Crippen LogP contribution in [0.25, 0.3) is 0 Å². The molecule has 2 aliphatic rings. The number of hydrogen-bond donors (Lipinski definition) is 0. The van der Waals surface area contributed by atoms with Crippen LogP contribution in [0.3, 0.4) is 0 Å². The Hall–Kier alpha value is -2.96. The number of benzene rings is 1. The van der Waals surface area contributed by atoms with Crippen LogP contribution in [0.5, 0.6) is 0 Å². The molecule has 2 saturated heterocycles. The molecule has 1 aromatic carbocycles. The first-order valence-corrected chi connectivity index (χ1v) is 9.57. The Bertz CT molecular complexity index is 852. The molecule has 4 rings (SSSR count). The number of carbonyl (C=O) groups is 2. The SMILES string of the molecule is O=C1CC(C(=O)N2CCN(c3ccccc3F)CC2)CN1Cc1ccncc1. The molecule has 1 atom stereocenters. The third-order valence-corrected chi connectivity index (χ3v) is 5.47. The van der Waals surface area contributed by atoms with Crippen LogP contribution in [0.2, 0.25) is 0 Å². The second-order valence-corrected chi connectivity index (χ2v) is 7.29. The minimum atomic E-state index is -0.297. The molecule has 1 aromatic heterocycles. The van der Waals surface area contributed by atoms with Gasteiger partial charge in [0.05, 0.1) is 11.6 Å². The maximum Gasteiger partial charge on any atom is 0.228 e. The molecule has 7 heteroatoms. The summed E-state index contributed by atoms with van der Waals surface area (Å²) >= 11 is 0. The average Bonchev–Trinajstić information content (AvgIpc) is 3.09. The molecule has 0 aliphatic carbocycles. The van der Waals surface area contributed by atoms with E-state index in [9.17, 15) is 14.0 Å². The van der Waals surface area contributed by atoms with Crippen LogP contribution in [0, 0.1) is 11.7 Å². The Morgan fingerprint density at radius 1 is 1.07 bits per heavy atom. The predicted octanol–water partition coefficient (Wildman–Crippen LogP) is 1.92. The third kappa shape index (κ3) is 3.83. The van der Waals surface area contributed by atoms with Crippen molar-refractivity contribution in [3.63, 3.8) is 0 Å². The van der Waals surface area contributed by atoms with Crippen molar-refractivity contribution in [2.24, 2.45) is 5.92 Å². The average molecular weight is 382 g/mol. The van der Waals surface area contributed by atoms with Crippen LogP contribution in [-0.4, -0.2) is 59.3 Å². The monoisotopic (exact) mass is 382 g/mol. The Labute approximate surface area is 163 Å². The van der Waals surface area contributed by atoms with Gasteiger partial charge in [0.1, 0.15) is 5.82 Å². The fourth-order valence-corrected chi connectivity index (χ4v) is 3.93. The lowest BCUT2D eigenvalue weighted by Gasteiger charge is -2.37. The van der Waals surface area contributed by atoms with E-state index in [1.807, 2.05) is 28.0 Å². The van der Waals surface area contributed by atoms with E-state index >= 15 is 0 Å². The summed E-state index contributed by atoms with van der Waals surface area (Å²) in [6, 6.07) is 10.5. The van der Waals surface area contributed by atoms with E-state index < -0.39 is 0 Å². The molecule has 3 heterocycles. The highest BCUT2D eigenvalue weighted by molar-refractivity contribution is 5.89.